The molecule has 1 aromatic heterocycles. The summed E-state index contributed by atoms with van der Waals surface area (Å²) >= 11 is 0. The van der Waals surface area contributed by atoms with Crippen molar-refractivity contribution >= 4 is 23.1 Å². The Kier molecular flexibility index (Phi) is 5.42. The monoisotopic (exact) mass is 411 g/mol. The second-order valence-corrected chi connectivity index (χ2v) is 8.04. The molecule has 4 rings (SSSR count). The number of rotatable bonds is 5. The van der Waals surface area contributed by atoms with E-state index in [4.69, 9.17) is 0 Å². The van der Waals surface area contributed by atoms with Gasteiger partial charge in [-0.15, -0.1) is 0 Å². The summed E-state index contributed by atoms with van der Waals surface area (Å²) in [5, 5.41) is 3.27. The number of carbonyl (C=O) groups excluding carboxylic acids is 2. The molecule has 5 heteroatoms. The van der Waals surface area contributed by atoms with E-state index in [2.05, 4.69) is 16.4 Å². The molecule has 0 unspecified atom stereocenters. The Morgan fingerprint density at radius 3 is 2.23 bits per heavy atom. The van der Waals surface area contributed by atoms with Crippen LogP contribution >= 0.6 is 0 Å². The average molecular weight is 412 g/mol. The van der Waals surface area contributed by atoms with E-state index in [1.807, 2.05) is 70.2 Å². The van der Waals surface area contributed by atoms with Crippen molar-refractivity contribution in [3.63, 3.8) is 0 Å². The summed E-state index contributed by atoms with van der Waals surface area (Å²) in [7, 11) is 0. The van der Waals surface area contributed by atoms with E-state index in [0.717, 1.165) is 39.1 Å². The molecule has 0 bridgehead atoms. The largest absolute Gasteiger partial charge is 0.350 e. The van der Waals surface area contributed by atoms with Gasteiger partial charge in [0.1, 0.15) is 5.70 Å². The number of hydrogen-bond donors (Lipinski definition) is 1. The van der Waals surface area contributed by atoms with Gasteiger partial charge in [-0.05, 0) is 73.7 Å². The molecule has 1 N–H and O–H groups in total. The summed E-state index contributed by atoms with van der Waals surface area (Å²) in [6, 6.07) is 15.5. The molecule has 2 aromatic carbocycles. The minimum atomic E-state index is -0.324. The fourth-order valence-electron chi connectivity index (χ4n) is 3.76. The normalized spacial score (nSPS) is 13.9. The number of carbonyl (C=O) groups is 2. The van der Waals surface area contributed by atoms with E-state index in [1.54, 1.807) is 12.4 Å². The SMILES string of the molecule is Cc1ccc(NC2=C(c3ccc(C)c(C)c3)C(=O)N(Cc3ccncc3)C2=O)c(C)c1. The number of aryl methyl sites for hydroxylation is 4. The lowest BCUT2D eigenvalue weighted by atomic mass is 9.99. The first-order valence-electron chi connectivity index (χ1n) is 10.3. The van der Waals surface area contributed by atoms with Crippen LogP contribution in [-0.2, 0) is 16.1 Å². The number of anilines is 1. The lowest BCUT2D eigenvalue weighted by Crippen LogP contribution is -2.32. The molecule has 2 heterocycles. The Hall–Kier alpha value is -3.73. The second-order valence-electron chi connectivity index (χ2n) is 8.04. The molecular weight excluding hydrogens is 386 g/mol. The number of nitrogens with one attached hydrogen (secondary N) is 1. The first-order chi connectivity index (χ1) is 14.8. The Balaban J connectivity index is 1.79. The average Bonchev–Trinajstić information content (AvgIpc) is 2.97. The Morgan fingerprint density at radius 2 is 1.55 bits per heavy atom. The molecule has 0 saturated carbocycles. The highest BCUT2D eigenvalue weighted by Crippen LogP contribution is 2.33. The zero-order chi connectivity index (χ0) is 22.1. The zero-order valence-corrected chi connectivity index (χ0v) is 18.2. The molecule has 1 aliphatic heterocycles. The van der Waals surface area contributed by atoms with Gasteiger partial charge in [-0.3, -0.25) is 19.5 Å². The molecule has 0 radical (unpaired) electrons. The number of benzene rings is 2. The summed E-state index contributed by atoms with van der Waals surface area (Å²) in [5.41, 5.74) is 7.49. The lowest BCUT2D eigenvalue weighted by Gasteiger charge is -2.16. The highest BCUT2D eigenvalue weighted by molar-refractivity contribution is 6.36. The van der Waals surface area contributed by atoms with Crippen molar-refractivity contribution in [1.29, 1.82) is 0 Å². The van der Waals surface area contributed by atoms with Crippen molar-refractivity contribution in [2.24, 2.45) is 0 Å². The number of pyridine rings is 1. The van der Waals surface area contributed by atoms with Crippen LogP contribution < -0.4 is 5.32 Å². The minimum absolute atomic E-state index is 0.201. The van der Waals surface area contributed by atoms with Crippen LogP contribution in [0.1, 0.15) is 33.4 Å². The summed E-state index contributed by atoms with van der Waals surface area (Å²) in [4.78, 5) is 32.2. The second kappa shape index (κ2) is 8.19. The van der Waals surface area contributed by atoms with Crippen molar-refractivity contribution in [2.75, 3.05) is 5.32 Å². The number of nitrogens with zero attached hydrogens (tertiary/aromatic N) is 2. The molecule has 0 saturated heterocycles. The van der Waals surface area contributed by atoms with Gasteiger partial charge in [0.05, 0.1) is 12.1 Å². The molecule has 31 heavy (non-hydrogen) atoms. The first-order valence-corrected chi connectivity index (χ1v) is 10.3. The smallest absolute Gasteiger partial charge is 0.278 e. The van der Waals surface area contributed by atoms with Gasteiger partial charge >= 0.3 is 0 Å². The molecule has 3 aromatic rings. The zero-order valence-electron chi connectivity index (χ0n) is 18.2. The number of amides is 2. The van der Waals surface area contributed by atoms with Gasteiger partial charge in [0, 0.05) is 18.1 Å². The fraction of sp³-hybridized carbons (Fsp3) is 0.192. The van der Waals surface area contributed by atoms with E-state index in [9.17, 15) is 9.59 Å². The summed E-state index contributed by atoms with van der Waals surface area (Å²) in [6.07, 6.45) is 3.32. The van der Waals surface area contributed by atoms with Crippen molar-refractivity contribution in [1.82, 2.24) is 9.88 Å². The predicted octanol–water partition coefficient (Wildman–Crippen LogP) is 4.71. The van der Waals surface area contributed by atoms with Crippen molar-refractivity contribution in [2.45, 2.75) is 34.2 Å². The van der Waals surface area contributed by atoms with Gasteiger partial charge in [-0.1, -0.05) is 35.9 Å². The standard InChI is InChI=1S/C26H25N3O2/c1-16-5-8-22(19(4)13-16)28-24-23(21-7-6-17(2)18(3)14-21)25(30)29(26(24)31)15-20-9-11-27-12-10-20/h5-14,28H,15H2,1-4H3. The van der Waals surface area contributed by atoms with Crippen LogP contribution in [-0.4, -0.2) is 21.7 Å². The number of hydrogen-bond acceptors (Lipinski definition) is 4. The molecule has 156 valence electrons. The molecule has 2 amide bonds. The van der Waals surface area contributed by atoms with Gasteiger partial charge in [-0.25, -0.2) is 0 Å². The molecule has 0 aliphatic carbocycles. The minimum Gasteiger partial charge on any atom is -0.350 e. The van der Waals surface area contributed by atoms with Crippen LogP contribution in [0.4, 0.5) is 5.69 Å². The van der Waals surface area contributed by atoms with Crippen LogP contribution in [0.2, 0.25) is 0 Å². The van der Waals surface area contributed by atoms with E-state index >= 15 is 0 Å². The maximum atomic E-state index is 13.4. The maximum absolute atomic E-state index is 13.4. The van der Waals surface area contributed by atoms with Crippen LogP contribution in [0.3, 0.4) is 0 Å². The number of aromatic nitrogens is 1. The Bertz CT molecular complexity index is 1210. The third-order valence-electron chi connectivity index (χ3n) is 5.70. The summed E-state index contributed by atoms with van der Waals surface area (Å²) < 4.78 is 0. The number of imide groups is 1. The van der Waals surface area contributed by atoms with Gasteiger partial charge < -0.3 is 5.32 Å². The molecule has 0 atom stereocenters. The fourth-order valence-corrected chi connectivity index (χ4v) is 3.76. The van der Waals surface area contributed by atoms with E-state index in [1.165, 1.54) is 4.90 Å². The van der Waals surface area contributed by atoms with Crippen molar-refractivity contribution in [3.05, 3.63) is 100 Å². The van der Waals surface area contributed by atoms with E-state index < -0.39 is 0 Å². The van der Waals surface area contributed by atoms with Crippen molar-refractivity contribution < 1.29 is 9.59 Å². The molecule has 0 spiro atoms. The lowest BCUT2D eigenvalue weighted by molar-refractivity contribution is -0.137. The highest BCUT2D eigenvalue weighted by atomic mass is 16.2. The summed E-state index contributed by atoms with van der Waals surface area (Å²) in [6.45, 7) is 8.25. The molecule has 1 aliphatic rings. The van der Waals surface area contributed by atoms with Crippen LogP contribution in [0.5, 0.6) is 0 Å². The third-order valence-corrected chi connectivity index (χ3v) is 5.70. The predicted molar refractivity (Wildman–Crippen MR) is 122 cm³/mol. The van der Waals surface area contributed by atoms with Gasteiger partial charge in [0.25, 0.3) is 11.8 Å². The topological polar surface area (TPSA) is 62.3 Å². The molecular formula is C26H25N3O2. The van der Waals surface area contributed by atoms with Gasteiger partial charge in [-0.2, -0.15) is 0 Å². The quantitative estimate of drug-likeness (QED) is 0.618. The van der Waals surface area contributed by atoms with E-state index in [-0.39, 0.29) is 18.4 Å². The Morgan fingerprint density at radius 1 is 0.806 bits per heavy atom. The first kappa shape index (κ1) is 20.5. The highest BCUT2D eigenvalue weighted by Gasteiger charge is 2.39. The van der Waals surface area contributed by atoms with Crippen LogP contribution in [0.25, 0.3) is 5.57 Å². The van der Waals surface area contributed by atoms with Gasteiger partial charge in [0.15, 0.2) is 0 Å². The molecule has 0 fully saturated rings. The van der Waals surface area contributed by atoms with Crippen molar-refractivity contribution in [3.8, 4) is 0 Å². The van der Waals surface area contributed by atoms with E-state index in [0.29, 0.717) is 11.3 Å². The Labute approximate surface area is 182 Å². The molecule has 5 nitrogen and oxygen atoms in total. The van der Waals surface area contributed by atoms with Crippen LogP contribution in [0.15, 0.2) is 66.6 Å². The maximum Gasteiger partial charge on any atom is 0.278 e. The van der Waals surface area contributed by atoms with Crippen LogP contribution in [0, 0.1) is 27.7 Å². The third kappa shape index (κ3) is 3.99. The summed E-state index contributed by atoms with van der Waals surface area (Å²) in [5.74, 6) is -0.618. The van der Waals surface area contributed by atoms with Gasteiger partial charge in [0.2, 0.25) is 0 Å².